The molecule has 270 valence electrons. The molecule has 0 bridgehead atoms. The van der Waals surface area contributed by atoms with Crippen LogP contribution in [0.5, 0.6) is 5.75 Å². The fourth-order valence-electron chi connectivity index (χ4n) is 8.69. The van der Waals surface area contributed by atoms with E-state index in [9.17, 15) is 0 Å². The van der Waals surface area contributed by atoms with Gasteiger partial charge in [-0.05, 0) is 43.0 Å². The van der Waals surface area contributed by atoms with E-state index >= 15 is 0 Å². The van der Waals surface area contributed by atoms with E-state index in [4.69, 9.17) is 24.7 Å². The lowest BCUT2D eigenvalue weighted by molar-refractivity contribution is 0.271. The van der Waals surface area contributed by atoms with Crippen molar-refractivity contribution >= 4 is 28.8 Å². The third-order valence-electron chi connectivity index (χ3n) is 11.4. The van der Waals surface area contributed by atoms with Crippen molar-refractivity contribution in [3.05, 3.63) is 192 Å². The summed E-state index contributed by atoms with van der Waals surface area (Å²) in [5.41, 5.74) is 10.5. The maximum atomic E-state index is 7.01. The number of allylic oxidation sites excluding steroid dienone is 7. The Morgan fingerprint density at radius 1 is 0.714 bits per heavy atom. The smallest absolute Gasteiger partial charge is 0.211 e. The summed E-state index contributed by atoms with van der Waals surface area (Å²) in [6, 6.07) is 35.6. The van der Waals surface area contributed by atoms with Crippen molar-refractivity contribution in [2.45, 2.75) is 43.4 Å². The van der Waals surface area contributed by atoms with Crippen LogP contribution in [0, 0.1) is 0 Å². The molecule has 1 N–H and O–H groups in total. The topological polar surface area (TPSA) is 76.7 Å². The second kappa shape index (κ2) is 13.5. The maximum Gasteiger partial charge on any atom is 0.211 e. The van der Waals surface area contributed by atoms with E-state index in [-0.39, 0.29) is 17.9 Å². The Bertz CT molecular complexity index is 2740. The van der Waals surface area contributed by atoms with Gasteiger partial charge in [-0.15, -0.1) is 0 Å². The average molecular weight is 727 g/mol. The summed E-state index contributed by atoms with van der Waals surface area (Å²) in [6.45, 7) is 0. The zero-order chi connectivity index (χ0) is 37.0. The predicted molar refractivity (Wildman–Crippen MR) is 225 cm³/mol. The third kappa shape index (κ3) is 5.50. The third-order valence-corrected chi connectivity index (χ3v) is 11.4. The standard InChI is InChI=1S/C49H38N6O/c1-5-17-31(18-6-1)39-30-40(51-46(50-39)32-19-7-2-8-20-32)38-29-37-35-25-14-16-28-42(35)56-45(37)44-43(38)36-26-13-15-27-41(36)55(44)49-53-47(33-21-9-3-10-22-33)52-48(54-49)34-23-11-4-12-24-34/h1-14,16-19,21-26,28-30,32,35,42,47H,15,20,27H2,(H,52,53,54). The Kier molecular flexibility index (Phi) is 7.83. The molecule has 0 fully saturated rings. The van der Waals surface area contributed by atoms with Gasteiger partial charge >= 0.3 is 0 Å². The second-order valence-corrected chi connectivity index (χ2v) is 14.8. The molecule has 5 aliphatic rings. The summed E-state index contributed by atoms with van der Waals surface area (Å²) < 4.78 is 9.35. The number of ether oxygens (including phenoxy) is 1. The molecule has 0 spiro atoms. The number of fused-ring (bicyclic) bond motifs is 7. The summed E-state index contributed by atoms with van der Waals surface area (Å²) in [4.78, 5) is 21.2. The number of rotatable bonds is 5. The summed E-state index contributed by atoms with van der Waals surface area (Å²) >= 11 is 0. The zero-order valence-electron chi connectivity index (χ0n) is 30.7. The molecule has 2 aromatic heterocycles. The van der Waals surface area contributed by atoms with Gasteiger partial charge in [0.1, 0.15) is 23.5 Å². The van der Waals surface area contributed by atoms with Crippen molar-refractivity contribution in [2.24, 2.45) is 9.98 Å². The van der Waals surface area contributed by atoms with Crippen LogP contribution in [0.3, 0.4) is 0 Å². The quantitative estimate of drug-likeness (QED) is 0.192. The first-order chi connectivity index (χ1) is 27.8. The number of aromatic nitrogens is 3. The SMILES string of the molecule is C1=CCC(c2nc(-c3ccccc3)cc(-c3cc4c(c5c3c3c(n5C5=NC(c6ccccc6)N=C(c6ccccc6)N5)CCC=C3)OC3C=CC=CC43)n2)C=C1. The molecule has 4 aromatic carbocycles. The first-order valence-electron chi connectivity index (χ1n) is 19.5. The molecule has 7 nitrogen and oxygen atoms in total. The zero-order valence-corrected chi connectivity index (χ0v) is 30.7. The van der Waals surface area contributed by atoms with E-state index in [2.05, 4.69) is 156 Å². The van der Waals surface area contributed by atoms with E-state index in [1.807, 2.05) is 18.2 Å². The fraction of sp³-hybridized carbons (Fsp3) is 0.143. The molecule has 3 aliphatic carbocycles. The highest BCUT2D eigenvalue weighted by molar-refractivity contribution is 6.16. The minimum absolute atomic E-state index is 0.0650. The molecule has 4 atom stereocenters. The highest BCUT2D eigenvalue weighted by Crippen LogP contribution is 2.51. The Morgan fingerprint density at radius 2 is 1.46 bits per heavy atom. The Labute approximate surface area is 325 Å². The highest BCUT2D eigenvalue weighted by Gasteiger charge is 2.39. The van der Waals surface area contributed by atoms with Gasteiger partial charge in [0.05, 0.1) is 16.9 Å². The number of amidine groups is 1. The molecule has 0 saturated heterocycles. The van der Waals surface area contributed by atoms with Gasteiger partial charge in [0.2, 0.25) is 5.96 Å². The van der Waals surface area contributed by atoms with Crippen LogP contribution >= 0.6 is 0 Å². The number of nitrogens with zero attached hydrogens (tertiary/aromatic N) is 5. The van der Waals surface area contributed by atoms with Gasteiger partial charge in [0.25, 0.3) is 0 Å². The lowest BCUT2D eigenvalue weighted by atomic mass is 9.88. The molecule has 56 heavy (non-hydrogen) atoms. The number of hydrogen-bond donors (Lipinski definition) is 1. The summed E-state index contributed by atoms with van der Waals surface area (Å²) in [5.74, 6) is 3.36. The minimum atomic E-state index is -0.434. The molecule has 4 heterocycles. The maximum absolute atomic E-state index is 7.01. The lowest BCUT2D eigenvalue weighted by Gasteiger charge is -2.25. The van der Waals surface area contributed by atoms with Gasteiger partial charge in [0, 0.05) is 50.7 Å². The monoisotopic (exact) mass is 726 g/mol. The van der Waals surface area contributed by atoms with Gasteiger partial charge in [0.15, 0.2) is 6.17 Å². The molecular formula is C49H38N6O. The lowest BCUT2D eigenvalue weighted by Crippen LogP contribution is -2.40. The number of nitrogens with one attached hydrogen (secondary N) is 1. The van der Waals surface area contributed by atoms with Crippen LogP contribution in [-0.2, 0) is 6.42 Å². The number of hydrogen-bond acceptors (Lipinski definition) is 6. The van der Waals surface area contributed by atoms with Gasteiger partial charge in [-0.1, -0.05) is 146 Å². The van der Waals surface area contributed by atoms with Gasteiger partial charge in [-0.3, -0.25) is 4.57 Å². The van der Waals surface area contributed by atoms with E-state index in [1.165, 1.54) is 11.3 Å². The van der Waals surface area contributed by atoms with Crippen molar-refractivity contribution in [3.63, 3.8) is 0 Å². The van der Waals surface area contributed by atoms with Crippen LogP contribution in [0.25, 0.3) is 39.5 Å². The number of benzene rings is 4. The average Bonchev–Trinajstić information content (AvgIpc) is 3.83. The van der Waals surface area contributed by atoms with Crippen LogP contribution in [0.1, 0.15) is 64.6 Å². The van der Waals surface area contributed by atoms with Crippen LogP contribution < -0.4 is 10.1 Å². The van der Waals surface area contributed by atoms with Crippen molar-refractivity contribution in [2.75, 3.05) is 0 Å². The Hall–Kier alpha value is -6.86. The summed E-state index contributed by atoms with van der Waals surface area (Å²) in [6.07, 6.45) is 23.9. The molecule has 0 saturated carbocycles. The summed E-state index contributed by atoms with van der Waals surface area (Å²) in [7, 11) is 0. The van der Waals surface area contributed by atoms with Gasteiger partial charge in [-0.2, -0.15) is 0 Å². The minimum Gasteiger partial charge on any atom is -0.483 e. The molecule has 11 rings (SSSR count). The molecule has 6 aromatic rings. The first-order valence-corrected chi connectivity index (χ1v) is 19.5. The van der Waals surface area contributed by atoms with E-state index in [1.54, 1.807) is 0 Å². The Balaban J connectivity index is 1.20. The molecule has 0 amide bonds. The Morgan fingerprint density at radius 3 is 2.27 bits per heavy atom. The van der Waals surface area contributed by atoms with Crippen molar-refractivity contribution in [1.82, 2.24) is 19.9 Å². The second-order valence-electron chi connectivity index (χ2n) is 14.8. The van der Waals surface area contributed by atoms with E-state index in [0.29, 0.717) is 0 Å². The van der Waals surface area contributed by atoms with Crippen LogP contribution in [0.15, 0.2) is 168 Å². The van der Waals surface area contributed by atoms with Crippen LogP contribution in [0.2, 0.25) is 0 Å². The normalized spacial score (nSPS) is 21.5. The predicted octanol–water partition coefficient (Wildman–Crippen LogP) is 10.2. The molecule has 2 aliphatic heterocycles. The fourth-order valence-corrected chi connectivity index (χ4v) is 8.69. The molecular weight excluding hydrogens is 689 g/mol. The van der Waals surface area contributed by atoms with Crippen LogP contribution in [-0.4, -0.2) is 32.4 Å². The largest absolute Gasteiger partial charge is 0.483 e. The molecule has 4 unspecified atom stereocenters. The van der Waals surface area contributed by atoms with Gasteiger partial charge < -0.3 is 10.1 Å². The van der Waals surface area contributed by atoms with Crippen molar-refractivity contribution in [3.8, 4) is 28.3 Å². The van der Waals surface area contributed by atoms with Gasteiger partial charge in [-0.25, -0.2) is 20.0 Å². The van der Waals surface area contributed by atoms with E-state index < -0.39 is 6.17 Å². The highest BCUT2D eigenvalue weighted by atomic mass is 16.5. The van der Waals surface area contributed by atoms with Crippen molar-refractivity contribution < 1.29 is 4.74 Å². The van der Waals surface area contributed by atoms with E-state index in [0.717, 1.165) is 92.7 Å². The molecule has 7 heteroatoms. The van der Waals surface area contributed by atoms with Crippen molar-refractivity contribution in [1.29, 1.82) is 0 Å². The molecule has 0 radical (unpaired) electrons. The first kappa shape index (κ1) is 32.6. The summed E-state index contributed by atoms with van der Waals surface area (Å²) in [5, 5.41) is 4.83. The number of aliphatic imine (C=N–C) groups is 2. The van der Waals surface area contributed by atoms with Crippen LogP contribution in [0.4, 0.5) is 0 Å².